The van der Waals surface area contributed by atoms with E-state index in [-0.39, 0.29) is 11.4 Å². The van der Waals surface area contributed by atoms with Gasteiger partial charge in [-0.15, -0.1) is 0 Å². The van der Waals surface area contributed by atoms with E-state index < -0.39 is 6.43 Å². The summed E-state index contributed by atoms with van der Waals surface area (Å²) >= 11 is 4.98. The number of rotatable bonds is 2. The van der Waals surface area contributed by atoms with E-state index in [2.05, 4.69) is 20.9 Å². The second-order valence-corrected chi connectivity index (χ2v) is 4.05. The fourth-order valence-electron chi connectivity index (χ4n) is 0.903. The predicted octanol–water partition coefficient (Wildman–Crippen LogP) is 3.39. The molecule has 0 radical (unpaired) electrons. The van der Waals surface area contributed by atoms with Crippen LogP contribution in [0.4, 0.5) is 8.78 Å². The van der Waals surface area contributed by atoms with Gasteiger partial charge in [0.1, 0.15) is 17.5 Å². The lowest BCUT2D eigenvalue weighted by atomic mass is 10.2. The van der Waals surface area contributed by atoms with E-state index in [0.717, 1.165) is 0 Å². The molecule has 0 saturated carbocycles. The smallest absolute Gasteiger partial charge is 0.235 e. The first-order chi connectivity index (χ1) is 6.60. The van der Waals surface area contributed by atoms with Crippen molar-refractivity contribution >= 4 is 38.5 Å². The van der Waals surface area contributed by atoms with Gasteiger partial charge in [-0.3, -0.25) is 0 Å². The van der Waals surface area contributed by atoms with Gasteiger partial charge >= 0.3 is 0 Å². The van der Waals surface area contributed by atoms with Gasteiger partial charge in [-0.25, -0.2) is 13.8 Å². The highest BCUT2D eigenvalue weighted by atomic mass is 127. The van der Waals surface area contributed by atoms with Gasteiger partial charge in [-0.05, 0) is 34.2 Å². The lowest BCUT2D eigenvalue weighted by molar-refractivity contribution is 0.145. The molecule has 0 atom stereocenters. The molecule has 0 saturated heterocycles. The third kappa shape index (κ3) is 2.39. The normalized spacial score (nSPS) is 10.3. The van der Waals surface area contributed by atoms with Crippen molar-refractivity contribution in [2.24, 2.45) is 0 Å². The maximum atomic E-state index is 12.5. The fraction of sp³-hybridized carbons (Fsp3) is 0.250. The van der Waals surface area contributed by atoms with Crippen molar-refractivity contribution in [1.29, 1.82) is 5.26 Å². The number of hydrogen-bond donors (Lipinski definition) is 0. The number of nitrogens with zero attached hydrogens (tertiary/aromatic N) is 2. The molecule has 0 unspecified atom stereocenters. The molecule has 0 fully saturated rings. The van der Waals surface area contributed by atoms with Crippen molar-refractivity contribution in [2.45, 2.75) is 11.8 Å². The minimum atomic E-state index is -2.65. The van der Waals surface area contributed by atoms with E-state index in [4.69, 9.17) is 5.26 Å². The molecule has 2 nitrogen and oxygen atoms in total. The molecule has 1 heterocycles. The third-order valence-electron chi connectivity index (χ3n) is 1.52. The third-order valence-corrected chi connectivity index (χ3v) is 3.37. The molecule has 0 amide bonds. The molecule has 0 aliphatic carbocycles. The monoisotopic (exact) mass is 372 g/mol. The fourth-order valence-corrected chi connectivity index (χ4v) is 2.57. The summed E-state index contributed by atoms with van der Waals surface area (Å²) in [6, 6.07) is 3.26. The van der Waals surface area contributed by atoms with Crippen LogP contribution < -0.4 is 0 Å². The van der Waals surface area contributed by atoms with Crippen molar-refractivity contribution in [2.75, 3.05) is 0 Å². The Morgan fingerprint density at radius 2 is 2.29 bits per heavy atom. The molecule has 14 heavy (non-hydrogen) atoms. The molecule has 1 rings (SSSR count). The molecule has 1 aromatic rings. The van der Waals surface area contributed by atoms with Crippen LogP contribution in [0.5, 0.6) is 0 Å². The first kappa shape index (κ1) is 11.8. The van der Waals surface area contributed by atoms with Crippen LogP contribution in [0.2, 0.25) is 0 Å². The summed E-state index contributed by atoms with van der Waals surface area (Å²) in [7, 11) is 0. The van der Waals surface area contributed by atoms with Gasteiger partial charge in [0.05, 0.1) is 0 Å². The molecular weight excluding hydrogens is 369 g/mol. The van der Waals surface area contributed by atoms with Crippen LogP contribution in [-0.2, 0) is 5.33 Å². The van der Waals surface area contributed by atoms with Crippen molar-refractivity contribution < 1.29 is 8.78 Å². The first-order valence-electron chi connectivity index (χ1n) is 3.53. The molecule has 0 aliphatic heterocycles. The van der Waals surface area contributed by atoms with E-state index in [1.165, 1.54) is 6.07 Å². The van der Waals surface area contributed by atoms with Gasteiger partial charge in [0.2, 0.25) is 0 Å². The van der Waals surface area contributed by atoms with Crippen LogP contribution in [0.15, 0.2) is 6.07 Å². The Balaban J connectivity index is 3.36. The number of pyridine rings is 1. The van der Waals surface area contributed by atoms with Crippen LogP contribution in [0.25, 0.3) is 0 Å². The van der Waals surface area contributed by atoms with Crippen molar-refractivity contribution in [3.63, 3.8) is 0 Å². The predicted molar refractivity (Wildman–Crippen MR) is 59.3 cm³/mol. The molecular formula is C8H4BrF2IN2. The molecule has 74 valence electrons. The van der Waals surface area contributed by atoms with E-state index in [0.29, 0.717) is 14.5 Å². The molecule has 0 N–H and O–H groups in total. The quantitative estimate of drug-likeness (QED) is 0.589. The van der Waals surface area contributed by atoms with Gasteiger partial charge in [0.25, 0.3) is 6.43 Å². The minimum Gasteiger partial charge on any atom is -0.235 e. The lowest BCUT2D eigenvalue weighted by Crippen LogP contribution is -2.01. The number of nitriles is 1. The van der Waals surface area contributed by atoms with Crippen molar-refractivity contribution in [1.82, 2.24) is 4.98 Å². The number of alkyl halides is 3. The molecule has 6 heteroatoms. The van der Waals surface area contributed by atoms with Gasteiger partial charge in [-0.2, -0.15) is 5.26 Å². The summed E-state index contributed by atoms with van der Waals surface area (Å²) in [5.41, 5.74) is 0.363. The lowest BCUT2D eigenvalue weighted by Gasteiger charge is -2.06. The van der Waals surface area contributed by atoms with E-state index in [9.17, 15) is 8.78 Å². The molecule has 1 aromatic heterocycles. The second-order valence-electron chi connectivity index (χ2n) is 2.41. The Kier molecular flexibility index (Phi) is 4.19. The van der Waals surface area contributed by atoms with Crippen LogP contribution >= 0.6 is 38.5 Å². The molecule has 0 bridgehead atoms. The van der Waals surface area contributed by atoms with Crippen LogP contribution in [0.3, 0.4) is 0 Å². The highest BCUT2D eigenvalue weighted by Crippen LogP contribution is 2.26. The first-order valence-corrected chi connectivity index (χ1v) is 5.73. The van der Waals surface area contributed by atoms with Gasteiger partial charge in [-0.1, -0.05) is 15.9 Å². The van der Waals surface area contributed by atoms with Gasteiger partial charge in [0, 0.05) is 8.90 Å². The maximum Gasteiger partial charge on any atom is 0.281 e. The zero-order valence-corrected chi connectivity index (χ0v) is 10.5. The second kappa shape index (κ2) is 4.98. The standard InChI is InChI=1S/C8H4BrF2IN2/c9-2-4-1-5(3-13)14-7(6(4)12)8(10)11/h1,8H,2H2. The Morgan fingerprint density at radius 1 is 1.64 bits per heavy atom. The highest BCUT2D eigenvalue weighted by molar-refractivity contribution is 14.1. The summed E-state index contributed by atoms with van der Waals surface area (Å²) in [5.74, 6) is 0. The summed E-state index contributed by atoms with van der Waals surface area (Å²) in [6.07, 6.45) is -2.65. The van der Waals surface area contributed by atoms with E-state index in [1.54, 1.807) is 6.07 Å². The molecule has 0 aliphatic rings. The molecule has 0 aromatic carbocycles. The van der Waals surface area contributed by atoms with Crippen molar-refractivity contribution in [3.8, 4) is 6.07 Å². The topological polar surface area (TPSA) is 36.7 Å². The number of halogens is 4. The minimum absolute atomic E-state index is 0.0233. The maximum absolute atomic E-state index is 12.5. The summed E-state index contributed by atoms with van der Waals surface area (Å²) in [6.45, 7) is 0. The Hall–Kier alpha value is -0.290. The largest absolute Gasteiger partial charge is 0.281 e. The van der Waals surface area contributed by atoms with Crippen LogP contribution in [-0.4, -0.2) is 4.98 Å². The zero-order chi connectivity index (χ0) is 10.7. The Morgan fingerprint density at radius 3 is 2.71 bits per heavy atom. The van der Waals surface area contributed by atoms with Gasteiger partial charge in [0.15, 0.2) is 0 Å². The average molecular weight is 373 g/mol. The van der Waals surface area contributed by atoms with E-state index in [1.807, 2.05) is 22.6 Å². The average Bonchev–Trinajstić information content (AvgIpc) is 2.17. The Labute approximate surface area is 102 Å². The van der Waals surface area contributed by atoms with Crippen LogP contribution in [0.1, 0.15) is 23.4 Å². The molecule has 0 spiro atoms. The van der Waals surface area contributed by atoms with Crippen molar-refractivity contribution in [3.05, 3.63) is 26.6 Å². The summed E-state index contributed by atoms with van der Waals surface area (Å²) in [4.78, 5) is 3.56. The number of hydrogen-bond acceptors (Lipinski definition) is 2. The van der Waals surface area contributed by atoms with E-state index >= 15 is 0 Å². The Bertz CT molecular complexity index is 390. The van der Waals surface area contributed by atoms with Crippen LogP contribution in [0, 0.1) is 14.9 Å². The van der Waals surface area contributed by atoms with Gasteiger partial charge < -0.3 is 0 Å². The SMILES string of the molecule is N#Cc1cc(CBr)c(I)c(C(F)F)n1. The zero-order valence-electron chi connectivity index (χ0n) is 6.77. The number of aromatic nitrogens is 1. The summed E-state index contributed by atoms with van der Waals surface area (Å²) < 4.78 is 25.3. The summed E-state index contributed by atoms with van der Waals surface area (Å²) in [5, 5.41) is 9.01. The highest BCUT2D eigenvalue weighted by Gasteiger charge is 2.17.